The number of anilines is 1. The van der Waals surface area contributed by atoms with Crippen molar-refractivity contribution >= 4 is 21.5 Å². The molecule has 2 N–H and O–H groups in total. The molecule has 1 aromatic rings. The minimum atomic E-state index is -3.38. The Morgan fingerprint density at radius 3 is 2.37 bits per heavy atom. The van der Waals surface area contributed by atoms with Gasteiger partial charge in [0, 0.05) is 0 Å². The Morgan fingerprint density at radius 1 is 1.32 bits per heavy atom. The normalized spacial score (nSPS) is 13.3. The molecule has 0 saturated heterocycles. The van der Waals surface area contributed by atoms with E-state index in [1.54, 1.807) is 39.0 Å². The standard InChI is InChI=1S/C13H19NO4S/c1-4-19(17,18)11-8-6-5-7-10(11)14-12(9(2)3)13(15)16/h5-9,12,14H,4H2,1-3H3,(H,15,16). The number of sulfone groups is 1. The van der Waals surface area contributed by atoms with Gasteiger partial charge in [0.05, 0.1) is 16.3 Å². The molecule has 1 rings (SSSR count). The number of para-hydroxylation sites is 1. The first-order chi connectivity index (χ1) is 8.79. The lowest BCUT2D eigenvalue weighted by molar-refractivity contribution is -0.138. The Morgan fingerprint density at radius 2 is 1.89 bits per heavy atom. The minimum absolute atomic E-state index is 0.0227. The molecule has 5 nitrogen and oxygen atoms in total. The SMILES string of the molecule is CCS(=O)(=O)c1ccccc1NC(C(=O)O)C(C)C. The molecule has 0 aliphatic carbocycles. The molecule has 0 spiro atoms. The van der Waals surface area contributed by atoms with Crippen molar-refractivity contribution in [3.63, 3.8) is 0 Å². The number of carbonyl (C=O) groups is 1. The second-order valence-electron chi connectivity index (χ2n) is 4.60. The van der Waals surface area contributed by atoms with Crippen LogP contribution >= 0.6 is 0 Å². The van der Waals surface area contributed by atoms with Crippen molar-refractivity contribution in [2.75, 3.05) is 11.1 Å². The summed E-state index contributed by atoms with van der Waals surface area (Å²) in [5, 5.41) is 12.0. The summed E-state index contributed by atoms with van der Waals surface area (Å²) in [5.41, 5.74) is 0.338. The van der Waals surface area contributed by atoms with Crippen molar-refractivity contribution in [3.05, 3.63) is 24.3 Å². The van der Waals surface area contributed by atoms with E-state index >= 15 is 0 Å². The van der Waals surface area contributed by atoms with E-state index in [-0.39, 0.29) is 16.6 Å². The van der Waals surface area contributed by atoms with Crippen molar-refractivity contribution < 1.29 is 18.3 Å². The number of hydrogen-bond acceptors (Lipinski definition) is 4. The smallest absolute Gasteiger partial charge is 0.326 e. The summed E-state index contributed by atoms with van der Waals surface area (Å²) in [7, 11) is -3.38. The van der Waals surface area contributed by atoms with E-state index in [1.165, 1.54) is 6.07 Å². The van der Waals surface area contributed by atoms with Crippen molar-refractivity contribution in [1.29, 1.82) is 0 Å². The van der Waals surface area contributed by atoms with Crippen molar-refractivity contribution in [2.24, 2.45) is 5.92 Å². The highest BCUT2D eigenvalue weighted by Crippen LogP contribution is 2.24. The predicted molar refractivity (Wildman–Crippen MR) is 74.1 cm³/mol. The summed E-state index contributed by atoms with van der Waals surface area (Å²) in [6.45, 7) is 5.09. The van der Waals surface area contributed by atoms with Crippen molar-refractivity contribution in [1.82, 2.24) is 0 Å². The summed E-state index contributed by atoms with van der Waals surface area (Å²) in [6.07, 6.45) is 0. The number of nitrogens with one attached hydrogen (secondary N) is 1. The molecule has 0 saturated carbocycles. The molecule has 0 bridgehead atoms. The second-order valence-corrected chi connectivity index (χ2v) is 6.85. The van der Waals surface area contributed by atoms with Gasteiger partial charge in [-0.15, -0.1) is 0 Å². The monoisotopic (exact) mass is 285 g/mol. The minimum Gasteiger partial charge on any atom is -0.480 e. The van der Waals surface area contributed by atoms with Crippen LogP contribution in [0.4, 0.5) is 5.69 Å². The predicted octanol–water partition coefficient (Wildman–Crippen LogP) is 2.00. The highest BCUT2D eigenvalue weighted by molar-refractivity contribution is 7.91. The first-order valence-electron chi connectivity index (χ1n) is 6.10. The fourth-order valence-corrected chi connectivity index (χ4v) is 2.75. The van der Waals surface area contributed by atoms with Gasteiger partial charge >= 0.3 is 5.97 Å². The van der Waals surface area contributed by atoms with Gasteiger partial charge in [0.25, 0.3) is 0 Å². The van der Waals surface area contributed by atoms with Crippen LogP contribution in [0.1, 0.15) is 20.8 Å². The molecule has 106 valence electrons. The largest absolute Gasteiger partial charge is 0.480 e. The number of hydrogen-bond donors (Lipinski definition) is 2. The maximum atomic E-state index is 12.0. The van der Waals surface area contributed by atoms with Gasteiger partial charge in [-0.05, 0) is 18.1 Å². The Hall–Kier alpha value is -1.56. The number of benzene rings is 1. The van der Waals surface area contributed by atoms with E-state index in [2.05, 4.69) is 5.32 Å². The van der Waals surface area contributed by atoms with E-state index in [0.717, 1.165) is 0 Å². The molecule has 1 atom stereocenters. The van der Waals surface area contributed by atoms with Crippen LogP contribution in [0.15, 0.2) is 29.2 Å². The molecule has 0 radical (unpaired) electrons. The van der Waals surface area contributed by atoms with E-state index in [0.29, 0.717) is 5.69 Å². The molecule has 0 amide bonds. The Kier molecular flexibility index (Phi) is 4.94. The number of carboxylic acid groups (broad SMARTS) is 1. The lowest BCUT2D eigenvalue weighted by atomic mass is 10.0. The van der Waals surface area contributed by atoms with Crippen LogP contribution in [-0.4, -0.2) is 31.3 Å². The highest BCUT2D eigenvalue weighted by Gasteiger charge is 2.24. The molecular weight excluding hydrogens is 266 g/mol. The van der Waals surface area contributed by atoms with Crippen LogP contribution in [0.5, 0.6) is 0 Å². The molecule has 19 heavy (non-hydrogen) atoms. The van der Waals surface area contributed by atoms with Gasteiger partial charge in [0.1, 0.15) is 6.04 Å². The third-order valence-corrected chi connectivity index (χ3v) is 4.63. The molecule has 0 aliphatic heterocycles. The quantitative estimate of drug-likeness (QED) is 0.835. The van der Waals surface area contributed by atoms with Gasteiger partial charge in [0.15, 0.2) is 9.84 Å². The molecule has 6 heteroatoms. The van der Waals surface area contributed by atoms with E-state index in [1.807, 2.05) is 0 Å². The summed E-state index contributed by atoms with van der Waals surface area (Å²) < 4.78 is 23.9. The zero-order valence-corrected chi connectivity index (χ0v) is 12.1. The second kappa shape index (κ2) is 6.06. The molecule has 0 fully saturated rings. The van der Waals surface area contributed by atoms with Crippen LogP contribution in [0, 0.1) is 5.92 Å². The topological polar surface area (TPSA) is 83.5 Å². The van der Waals surface area contributed by atoms with E-state index in [4.69, 9.17) is 5.11 Å². The van der Waals surface area contributed by atoms with Gasteiger partial charge in [-0.3, -0.25) is 0 Å². The Bertz CT molecular complexity index is 552. The lowest BCUT2D eigenvalue weighted by Crippen LogP contribution is -2.34. The Balaban J connectivity index is 3.19. The van der Waals surface area contributed by atoms with Crippen molar-refractivity contribution in [3.8, 4) is 0 Å². The summed E-state index contributed by atoms with van der Waals surface area (Å²) in [5.74, 6) is -1.18. The maximum absolute atomic E-state index is 12.0. The molecular formula is C13H19NO4S. The van der Waals surface area contributed by atoms with Crippen LogP contribution in [-0.2, 0) is 14.6 Å². The van der Waals surface area contributed by atoms with Crippen LogP contribution < -0.4 is 5.32 Å². The highest BCUT2D eigenvalue weighted by atomic mass is 32.2. The molecule has 0 aliphatic rings. The average Bonchev–Trinajstić information content (AvgIpc) is 2.35. The van der Waals surface area contributed by atoms with E-state index in [9.17, 15) is 13.2 Å². The fourth-order valence-electron chi connectivity index (χ4n) is 1.69. The van der Waals surface area contributed by atoms with Crippen molar-refractivity contribution in [2.45, 2.75) is 31.7 Å². The van der Waals surface area contributed by atoms with Crippen LogP contribution in [0.3, 0.4) is 0 Å². The first-order valence-corrected chi connectivity index (χ1v) is 7.76. The fraction of sp³-hybridized carbons (Fsp3) is 0.462. The zero-order valence-electron chi connectivity index (χ0n) is 11.3. The maximum Gasteiger partial charge on any atom is 0.326 e. The third-order valence-electron chi connectivity index (χ3n) is 2.85. The lowest BCUT2D eigenvalue weighted by Gasteiger charge is -2.21. The number of aliphatic carboxylic acids is 1. The molecule has 0 aromatic heterocycles. The molecule has 1 unspecified atom stereocenters. The first kappa shape index (κ1) is 15.5. The summed E-state index contributed by atoms with van der Waals surface area (Å²) in [6, 6.07) is 5.55. The molecule has 1 aromatic carbocycles. The summed E-state index contributed by atoms with van der Waals surface area (Å²) in [4.78, 5) is 11.3. The van der Waals surface area contributed by atoms with E-state index < -0.39 is 21.8 Å². The van der Waals surface area contributed by atoms with Crippen LogP contribution in [0.25, 0.3) is 0 Å². The van der Waals surface area contributed by atoms with Gasteiger partial charge in [0.2, 0.25) is 0 Å². The van der Waals surface area contributed by atoms with Gasteiger partial charge < -0.3 is 10.4 Å². The third kappa shape index (κ3) is 3.70. The van der Waals surface area contributed by atoms with Gasteiger partial charge in [-0.1, -0.05) is 32.9 Å². The zero-order chi connectivity index (χ0) is 14.6. The number of carboxylic acids is 1. The van der Waals surface area contributed by atoms with Gasteiger partial charge in [-0.25, -0.2) is 13.2 Å². The van der Waals surface area contributed by atoms with Crippen LogP contribution in [0.2, 0.25) is 0 Å². The Labute approximate surface area is 113 Å². The summed E-state index contributed by atoms with van der Waals surface area (Å²) >= 11 is 0. The van der Waals surface area contributed by atoms with Gasteiger partial charge in [-0.2, -0.15) is 0 Å². The molecule has 0 heterocycles. The average molecular weight is 285 g/mol. The number of rotatable bonds is 6.